The number of nitrogens with zero attached hydrogens (tertiary/aromatic N) is 2. The fraction of sp³-hybridized carbons (Fsp3) is 0.263. The summed E-state index contributed by atoms with van der Waals surface area (Å²) in [5.74, 6) is 0. The van der Waals surface area contributed by atoms with E-state index in [1.807, 2.05) is 41.1 Å². The second kappa shape index (κ2) is 7.13. The van der Waals surface area contributed by atoms with Crippen LogP contribution in [0.1, 0.15) is 18.1 Å². The fourth-order valence-electron chi connectivity index (χ4n) is 3.37. The molecule has 0 fully saturated rings. The van der Waals surface area contributed by atoms with Crippen molar-refractivity contribution in [3.63, 3.8) is 0 Å². The Morgan fingerprint density at radius 2 is 1.89 bits per heavy atom. The Kier molecular flexibility index (Phi) is 5.03. The van der Waals surface area contributed by atoms with E-state index >= 15 is 0 Å². The number of nitrogens with one attached hydrogen (secondary N) is 1. The molecule has 8 heteroatoms. The number of para-hydroxylation sites is 1. The first kappa shape index (κ1) is 19.1. The van der Waals surface area contributed by atoms with Crippen molar-refractivity contribution >= 4 is 26.6 Å². The topological polar surface area (TPSA) is 94.2 Å². The van der Waals surface area contributed by atoms with Crippen molar-refractivity contribution in [3.8, 4) is 0 Å². The third-order valence-electron chi connectivity index (χ3n) is 4.37. The van der Waals surface area contributed by atoms with Gasteiger partial charge in [-0.15, -0.1) is 0 Å². The highest BCUT2D eigenvalue weighted by Gasteiger charge is 2.29. The molecular formula is C19H21N3O4S. The van der Waals surface area contributed by atoms with Crippen molar-refractivity contribution in [1.29, 1.82) is 0 Å². The Bertz CT molecular complexity index is 1120. The van der Waals surface area contributed by atoms with Crippen LogP contribution in [0.2, 0.25) is 0 Å². The van der Waals surface area contributed by atoms with Crippen LogP contribution in [0.4, 0.5) is 5.69 Å². The summed E-state index contributed by atoms with van der Waals surface area (Å²) < 4.78 is 30.3. The van der Waals surface area contributed by atoms with Crippen LogP contribution in [0.3, 0.4) is 0 Å². The van der Waals surface area contributed by atoms with E-state index in [9.17, 15) is 18.5 Å². The van der Waals surface area contributed by atoms with Gasteiger partial charge in [0, 0.05) is 30.4 Å². The molecule has 0 saturated heterocycles. The number of nitro groups is 1. The first-order valence-corrected chi connectivity index (χ1v) is 9.99. The van der Waals surface area contributed by atoms with Gasteiger partial charge in [0.25, 0.3) is 5.69 Å². The maximum Gasteiger partial charge on any atom is 0.289 e. The number of aromatic nitrogens is 1. The summed E-state index contributed by atoms with van der Waals surface area (Å²) in [5.41, 5.74) is 1.59. The predicted molar refractivity (Wildman–Crippen MR) is 104 cm³/mol. The van der Waals surface area contributed by atoms with Crippen LogP contribution < -0.4 is 4.72 Å². The molecule has 27 heavy (non-hydrogen) atoms. The van der Waals surface area contributed by atoms with E-state index in [2.05, 4.69) is 4.72 Å². The number of sulfonamides is 1. The molecule has 0 amide bonds. The van der Waals surface area contributed by atoms with Gasteiger partial charge in [0.05, 0.1) is 4.92 Å². The largest absolute Gasteiger partial charge is 0.346 e. The molecule has 1 unspecified atom stereocenters. The van der Waals surface area contributed by atoms with Gasteiger partial charge in [0.1, 0.15) is 0 Å². The Balaban J connectivity index is 1.90. The van der Waals surface area contributed by atoms with E-state index in [1.54, 1.807) is 26.8 Å². The molecule has 0 spiro atoms. The van der Waals surface area contributed by atoms with E-state index in [-0.39, 0.29) is 4.90 Å². The lowest BCUT2D eigenvalue weighted by Crippen LogP contribution is -2.36. The lowest BCUT2D eigenvalue weighted by atomic mass is 10.1. The van der Waals surface area contributed by atoms with Crippen LogP contribution in [0.15, 0.2) is 53.6 Å². The number of rotatable bonds is 6. The molecule has 1 aromatic heterocycles. The third-order valence-corrected chi connectivity index (χ3v) is 6.15. The molecule has 2 aromatic carbocycles. The number of benzene rings is 2. The highest BCUT2D eigenvalue weighted by molar-refractivity contribution is 7.89. The summed E-state index contributed by atoms with van der Waals surface area (Å²) in [7, 11) is -4.04. The highest BCUT2D eigenvalue weighted by Crippen LogP contribution is 2.29. The van der Waals surface area contributed by atoms with Crippen LogP contribution in [0.5, 0.6) is 0 Å². The Morgan fingerprint density at radius 3 is 2.59 bits per heavy atom. The molecule has 0 radical (unpaired) electrons. The van der Waals surface area contributed by atoms with Crippen LogP contribution >= 0.6 is 0 Å². The van der Waals surface area contributed by atoms with Crippen molar-refractivity contribution < 1.29 is 13.3 Å². The molecule has 0 aliphatic carbocycles. The molecule has 1 heterocycles. The average molecular weight is 387 g/mol. The van der Waals surface area contributed by atoms with Gasteiger partial charge in [-0.05, 0) is 49.4 Å². The van der Waals surface area contributed by atoms with Crippen molar-refractivity contribution in [2.45, 2.75) is 38.3 Å². The van der Waals surface area contributed by atoms with Crippen LogP contribution in [0.25, 0.3) is 10.9 Å². The second-order valence-corrected chi connectivity index (χ2v) is 8.39. The van der Waals surface area contributed by atoms with Crippen molar-refractivity contribution in [2.24, 2.45) is 0 Å². The maximum atomic E-state index is 12.9. The molecule has 0 aliphatic heterocycles. The van der Waals surface area contributed by atoms with Gasteiger partial charge in [-0.25, -0.2) is 13.1 Å². The summed E-state index contributed by atoms with van der Waals surface area (Å²) in [6, 6.07) is 12.2. The van der Waals surface area contributed by atoms with E-state index in [0.29, 0.717) is 17.7 Å². The zero-order valence-corrected chi connectivity index (χ0v) is 16.2. The number of hydrogen-bond donors (Lipinski definition) is 1. The molecule has 1 atom stereocenters. The zero-order chi connectivity index (χ0) is 19.8. The first-order chi connectivity index (χ1) is 12.7. The molecule has 3 aromatic rings. The lowest BCUT2D eigenvalue weighted by molar-refractivity contribution is -0.388. The van der Waals surface area contributed by atoms with Gasteiger partial charge in [0.2, 0.25) is 10.0 Å². The van der Waals surface area contributed by atoms with E-state index in [0.717, 1.165) is 10.9 Å². The molecule has 7 nitrogen and oxygen atoms in total. The van der Waals surface area contributed by atoms with Crippen molar-refractivity contribution in [3.05, 3.63) is 69.9 Å². The molecule has 142 valence electrons. The second-order valence-electron chi connectivity index (χ2n) is 6.74. The molecule has 0 aliphatic rings. The van der Waals surface area contributed by atoms with Gasteiger partial charge < -0.3 is 4.57 Å². The molecular weight excluding hydrogens is 366 g/mol. The summed E-state index contributed by atoms with van der Waals surface area (Å²) in [4.78, 5) is 10.4. The van der Waals surface area contributed by atoms with Gasteiger partial charge in [0.15, 0.2) is 4.90 Å². The van der Waals surface area contributed by atoms with E-state index < -0.39 is 26.7 Å². The van der Waals surface area contributed by atoms with Crippen molar-refractivity contribution in [1.82, 2.24) is 9.29 Å². The quantitative estimate of drug-likeness (QED) is 0.517. The minimum atomic E-state index is -4.04. The Hall–Kier alpha value is -2.71. The van der Waals surface area contributed by atoms with Crippen LogP contribution in [-0.2, 0) is 16.6 Å². The monoisotopic (exact) mass is 387 g/mol. The number of nitro benzene ring substituents is 1. The normalized spacial score (nSPS) is 13.0. The van der Waals surface area contributed by atoms with Crippen LogP contribution in [-0.4, -0.2) is 24.0 Å². The summed E-state index contributed by atoms with van der Waals surface area (Å²) in [6.45, 7) is 5.41. The van der Waals surface area contributed by atoms with Gasteiger partial charge >= 0.3 is 0 Å². The van der Waals surface area contributed by atoms with Gasteiger partial charge in [-0.1, -0.05) is 24.3 Å². The smallest absolute Gasteiger partial charge is 0.289 e. The maximum absolute atomic E-state index is 12.9. The summed E-state index contributed by atoms with van der Waals surface area (Å²) >= 11 is 0. The van der Waals surface area contributed by atoms with Crippen molar-refractivity contribution in [2.75, 3.05) is 0 Å². The Morgan fingerprint density at radius 1 is 1.19 bits per heavy atom. The number of fused-ring (bicyclic) bond motifs is 1. The average Bonchev–Trinajstić information content (AvgIpc) is 2.96. The third kappa shape index (κ3) is 3.86. The molecule has 0 bridgehead atoms. The molecule has 1 N–H and O–H groups in total. The van der Waals surface area contributed by atoms with Crippen LogP contribution in [0, 0.1) is 24.0 Å². The minimum absolute atomic E-state index is 0.276. The van der Waals surface area contributed by atoms with E-state index in [4.69, 9.17) is 0 Å². The van der Waals surface area contributed by atoms with Gasteiger partial charge in [-0.2, -0.15) is 0 Å². The Labute approximate surface area is 157 Å². The zero-order valence-electron chi connectivity index (χ0n) is 15.3. The fourth-order valence-corrected chi connectivity index (χ4v) is 4.99. The number of hydrogen-bond acceptors (Lipinski definition) is 4. The summed E-state index contributed by atoms with van der Waals surface area (Å²) in [5, 5.41) is 12.4. The van der Waals surface area contributed by atoms with E-state index in [1.165, 1.54) is 6.07 Å². The standard InChI is InChI=1S/C19H21N3O4S/c1-13-10-14(2)19(18(11-13)22(23)24)27(25,26)20-15(3)12-21-9-8-16-6-4-5-7-17(16)21/h4-11,15,20H,12H2,1-3H3. The molecule has 3 rings (SSSR count). The minimum Gasteiger partial charge on any atom is -0.346 e. The number of aryl methyl sites for hydroxylation is 2. The first-order valence-electron chi connectivity index (χ1n) is 8.51. The SMILES string of the molecule is Cc1cc(C)c(S(=O)(=O)NC(C)Cn2ccc3ccccc32)c([N+](=O)[O-])c1. The summed E-state index contributed by atoms with van der Waals surface area (Å²) in [6.07, 6.45) is 1.90. The van der Waals surface area contributed by atoms with Gasteiger partial charge in [-0.3, -0.25) is 10.1 Å². The predicted octanol–water partition coefficient (Wildman–Crippen LogP) is 3.53. The molecule has 0 saturated carbocycles. The lowest BCUT2D eigenvalue weighted by Gasteiger charge is -2.17. The highest BCUT2D eigenvalue weighted by atomic mass is 32.2.